The van der Waals surface area contributed by atoms with Gasteiger partial charge in [0, 0.05) is 12.6 Å². The monoisotopic (exact) mass is 159 g/mol. The topological polar surface area (TPSA) is 35.2 Å². The van der Waals surface area contributed by atoms with Crippen LogP contribution in [0.1, 0.15) is 34.1 Å². The van der Waals surface area contributed by atoms with Crippen molar-refractivity contribution in [1.82, 2.24) is 0 Å². The second kappa shape index (κ2) is 5.56. The Balaban J connectivity index is 3.54. The van der Waals surface area contributed by atoms with E-state index in [9.17, 15) is 0 Å². The molecule has 0 bridgehead atoms. The van der Waals surface area contributed by atoms with Crippen molar-refractivity contribution in [2.45, 2.75) is 46.3 Å². The number of nitrogens with two attached hydrogens (primary N) is 1. The maximum absolute atomic E-state index is 5.88. The molecule has 0 radical (unpaired) electrons. The lowest BCUT2D eigenvalue weighted by Gasteiger charge is -2.21. The van der Waals surface area contributed by atoms with Gasteiger partial charge in [-0.1, -0.05) is 13.8 Å². The van der Waals surface area contributed by atoms with E-state index in [1.807, 2.05) is 13.8 Å². The number of rotatable bonds is 5. The molecule has 0 aromatic heterocycles. The third kappa shape index (κ3) is 5.22. The van der Waals surface area contributed by atoms with Gasteiger partial charge in [0.15, 0.2) is 0 Å². The minimum absolute atomic E-state index is 0.190. The van der Waals surface area contributed by atoms with Crippen LogP contribution in [0.15, 0.2) is 0 Å². The van der Waals surface area contributed by atoms with Gasteiger partial charge >= 0.3 is 0 Å². The molecule has 0 saturated carbocycles. The third-order valence-corrected chi connectivity index (χ3v) is 1.78. The standard InChI is InChI=1S/C9H21NO/c1-5-11-8(4)9(10)6-7(2)3/h7-9H,5-6,10H2,1-4H3. The van der Waals surface area contributed by atoms with Crippen molar-refractivity contribution >= 4 is 0 Å². The maximum Gasteiger partial charge on any atom is 0.0697 e. The summed E-state index contributed by atoms with van der Waals surface area (Å²) in [5.41, 5.74) is 5.88. The van der Waals surface area contributed by atoms with Gasteiger partial charge in [0.05, 0.1) is 6.10 Å². The molecule has 0 aromatic rings. The zero-order valence-electron chi connectivity index (χ0n) is 8.13. The maximum atomic E-state index is 5.88. The highest BCUT2D eigenvalue weighted by molar-refractivity contribution is 4.70. The van der Waals surface area contributed by atoms with Gasteiger partial charge in [0.1, 0.15) is 0 Å². The van der Waals surface area contributed by atoms with E-state index in [2.05, 4.69) is 13.8 Å². The molecule has 0 saturated heterocycles. The fraction of sp³-hybridized carbons (Fsp3) is 1.00. The second-order valence-corrected chi connectivity index (χ2v) is 3.45. The van der Waals surface area contributed by atoms with Gasteiger partial charge in [-0.2, -0.15) is 0 Å². The van der Waals surface area contributed by atoms with E-state index >= 15 is 0 Å². The fourth-order valence-corrected chi connectivity index (χ4v) is 1.12. The molecule has 68 valence electrons. The Bertz CT molecular complexity index is 93.6. The number of hydrogen-bond donors (Lipinski definition) is 1. The zero-order valence-corrected chi connectivity index (χ0v) is 8.13. The van der Waals surface area contributed by atoms with E-state index in [1.54, 1.807) is 0 Å². The number of ether oxygens (including phenoxy) is 1. The molecule has 0 amide bonds. The van der Waals surface area contributed by atoms with Gasteiger partial charge in [-0.25, -0.2) is 0 Å². The van der Waals surface area contributed by atoms with Crippen molar-refractivity contribution in [3.8, 4) is 0 Å². The minimum Gasteiger partial charge on any atom is -0.377 e. The highest BCUT2D eigenvalue weighted by Gasteiger charge is 2.13. The lowest BCUT2D eigenvalue weighted by molar-refractivity contribution is 0.0526. The molecule has 11 heavy (non-hydrogen) atoms. The minimum atomic E-state index is 0.190. The molecule has 0 aromatic carbocycles. The smallest absolute Gasteiger partial charge is 0.0697 e. The Kier molecular flexibility index (Phi) is 5.51. The van der Waals surface area contributed by atoms with Crippen LogP contribution >= 0.6 is 0 Å². The van der Waals surface area contributed by atoms with Crippen LogP contribution < -0.4 is 5.73 Å². The molecular formula is C9H21NO. The van der Waals surface area contributed by atoms with Crippen molar-refractivity contribution in [2.75, 3.05) is 6.61 Å². The second-order valence-electron chi connectivity index (χ2n) is 3.45. The summed E-state index contributed by atoms with van der Waals surface area (Å²) in [4.78, 5) is 0. The van der Waals surface area contributed by atoms with Crippen LogP contribution in [0.25, 0.3) is 0 Å². The highest BCUT2D eigenvalue weighted by Crippen LogP contribution is 2.07. The fourth-order valence-electron chi connectivity index (χ4n) is 1.12. The van der Waals surface area contributed by atoms with E-state index in [4.69, 9.17) is 10.5 Å². The van der Waals surface area contributed by atoms with Crippen LogP contribution in [0.2, 0.25) is 0 Å². The van der Waals surface area contributed by atoms with Crippen molar-refractivity contribution in [3.05, 3.63) is 0 Å². The summed E-state index contributed by atoms with van der Waals surface area (Å²) in [5, 5.41) is 0. The number of hydrogen-bond acceptors (Lipinski definition) is 2. The van der Waals surface area contributed by atoms with E-state index in [1.165, 1.54) is 0 Å². The SMILES string of the molecule is CCOC(C)C(N)CC(C)C. The third-order valence-electron chi connectivity index (χ3n) is 1.78. The Morgan fingerprint density at radius 1 is 1.27 bits per heavy atom. The summed E-state index contributed by atoms with van der Waals surface area (Å²) in [7, 11) is 0. The first-order valence-corrected chi connectivity index (χ1v) is 4.45. The Morgan fingerprint density at radius 2 is 1.82 bits per heavy atom. The summed E-state index contributed by atoms with van der Waals surface area (Å²) in [6.07, 6.45) is 1.24. The average Bonchev–Trinajstić information content (AvgIpc) is 1.86. The normalized spacial score (nSPS) is 16.9. The quantitative estimate of drug-likeness (QED) is 0.663. The molecule has 0 aliphatic rings. The van der Waals surface area contributed by atoms with E-state index in [0.29, 0.717) is 5.92 Å². The van der Waals surface area contributed by atoms with Gasteiger partial charge in [0.2, 0.25) is 0 Å². The summed E-state index contributed by atoms with van der Waals surface area (Å²) in [6, 6.07) is 0.190. The van der Waals surface area contributed by atoms with Crippen LogP contribution in [0.5, 0.6) is 0 Å². The van der Waals surface area contributed by atoms with E-state index < -0.39 is 0 Å². The van der Waals surface area contributed by atoms with Gasteiger partial charge in [-0.3, -0.25) is 0 Å². The van der Waals surface area contributed by atoms with Crippen LogP contribution in [-0.2, 0) is 4.74 Å². The lowest BCUT2D eigenvalue weighted by Crippen LogP contribution is -2.35. The average molecular weight is 159 g/mol. The Hall–Kier alpha value is -0.0800. The molecule has 0 spiro atoms. The van der Waals surface area contributed by atoms with Gasteiger partial charge in [0.25, 0.3) is 0 Å². The first kappa shape index (κ1) is 10.9. The van der Waals surface area contributed by atoms with Crippen molar-refractivity contribution in [2.24, 2.45) is 11.7 Å². The summed E-state index contributed by atoms with van der Waals surface area (Å²) < 4.78 is 5.38. The van der Waals surface area contributed by atoms with Gasteiger partial charge < -0.3 is 10.5 Å². The summed E-state index contributed by atoms with van der Waals surface area (Å²) >= 11 is 0. The van der Waals surface area contributed by atoms with Crippen molar-refractivity contribution in [3.63, 3.8) is 0 Å². The highest BCUT2D eigenvalue weighted by atomic mass is 16.5. The first-order valence-electron chi connectivity index (χ1n) is 4.45. The Morgan fingerprint density at radius 3 is 2.18 bits per heavy atom. The van der Waals surface area contributed by atoms with Gasteiger partial charge in [-0.15, -0.1) is 0 Å². The molecule has 2 heteroatoms. The molecule has 0 rings (SSSR count). The summed E-state index contributed by atoms with van der Waals surface area (Å²) in [6.45, 7) is 9.15. The molecule has 0 heterocycles. The van der Waals surface area contributed by atoms with E-state index in [0.717, 1.165) is 13.0 Å². The van der Waals surface area contributed by atoms with Gasteiger partial charge in [-0.05, 0) is 26.2 Å². The predicted molar refractivity (Wildman–Crippen MR) is 48.5 cm³/mol. The van der Waals surface area contributed by atoms with Crippen LogP contribution in [-0.4, -0.2) is 18.8 Å². The molecule has 0 fully saturated rings. The molecule has 2 unspecified atom stereocenters. The first-order chi connectivity index (χ1) is 5.07. The molecule has 0 aliphatic carbocycles. The predicted octanol–water partition coefficient (Wildman–Crippen LogP) is 1.78. The Labute approximate surface area is 70.1 Å². The molecule has 2 atom stereocenters. The largest absolute Gasteiger partial charge is 0.377 e. The molecule has 2 N–H and O–H groups in total. The molecule has 0 aliphatic heterocycles. The van der Waals surface area contributed by atoms with Crippen LogP contribution in [0.3, 0.4) is 0 Å². The van der Waals surface area contributed by atoms with E-state index in [-0.39, 0.29) is 12.1 Å². The van der Waals surface area contributed by atoms with Crippen molar-refractivity contribution in [1.29, 1.82) is 0 Å². The molecular weight excluding hydrogens is 138 g/mol. The van der Waals surface area contributed by atoms with Crippen molar-refractivity contribution < 1.29 is 4.74 Å². The van der Waals surface area contributed by atoms with Crippen LogP contribution in [0.4, 0.5) is 0 Å². The lowest BCUT2D eigenvalue weighted by atomic mass is 10.0. The molecule has 2 nitrogen and oxygen atoms in total. The van der Waals surface area contributed by atoms with Crippen LogP contribution in [0, 0.1) is 5.92 Å². The summed E-state index contributed by atoms with van der Waals surface area (Å²) in [5.74, 6) is 0.660. The zero-order chi connectivity index (χ0) is 8.85.